The zero-order chi connectivity index (χ0) is 11.4. The van der Waals surface area contributed by atoms with E-state index in [9.17, 15) is 4.79 Å². The first kappa shape index (κ1) is 12.1. The zero-order valence-electron chi connectivity index (χ0n) is 9.30. The maximum Gasteiger partial charge on any atom is 0.228 e. The van der Waals surface area contributed by atoms with Crippen LogP contribution >= 0.6 is 11.6 Å². The molecule has 0 radical (unpaired) electrons. The Labute approximate surface area is 95.6 Å². The van der Waals surface area contributed by atoms with E-state index >= 15 is 0 Å². The second kappa shape index (κ2) is 5.17. The summed E-state index contributed by atoms with van der Waals surface area (Å²) in [6.45, 7) is 5.88. The van der Waals surface area contributed by atoms with Crippen molar-refractivity contribution < 1.29 is 4.79 Å². The van der Waals surface area contributed by atoms with E-state index in [0.29, 0.717) is 5.88 Å². The van der Waals surface area contributed by atoms with Crippen LogP contribution < -0.4 is 5.32 Å². The summed E-state index contributed by atoms with van der Waals surface area (Å²) in [5, 5.41) is 2.84. The van der Waals surface area contributed by atoms with Gasteiger partial charge in [0.25, 0.3) is 0 Å². The van der Waals surface area contributed by atoms with Gasteiger partial charge in [0.05, 0.1) is 0 Å². The minimum absolute atomic E-state index is 0.0340. The van der Waals surface area contributed by atoms with Gasteiger partial charge in [0.2, 0.25) is 5.91 Å². The predicted octanol–water partition coefficient (Wildman–Crippen LogP) is 3.12. The number of aryl methyl sites for hydroxylation is 2. The fraction of sp³-hybridized carbons (Fsp3) is 0.417. The Kier molecular flexibility index (Phi) is 4.15. The summed E-state index contributed by atoms with van der Waals surface area (Å²) < 4.78 is 0. The minimum Gasteiger partial charge on any atom is -0.326 e. The number of hydrogen-bond acceptors (Lipinski definition) is 1. The monoisotopic (exact) mass is 225 g/mol. The Balaban J connectivity index is 2.73. The summed E-state index contributed by atoms with van der Waals surface area (Å²) in [4.78, 5) is 11.5. The van der Waals surface area contributed by atoms with Crippen LogP contribution in [0.4, 0.5) is 5.69 Å². The third-order valence-electron chi connectivity index (χ3n) is 2.45. The van der Waals surface area contributed by atoms with Gasteiger partial charge in [0, 0.05) is 17.5 Å². The molecule has 2 nitrogen and oxygen atoms in total. The van der Waals surface area contributed by atoms with Crippen molar-refractivity contribution in [3.05, 3.63) is 29.3 Å². The lowest BCUT2D eigenvalue weighted by atomic mass is 10.1. The second-order valence-corrected chi connectivity index (χ2v) is 4.15. The number of hydrogen-bond donors (Lipinski definition) is 1. The molecular weight excluding hydrogens is 210 g/mol. The number of benzene rings is 1. The molecule has 1 amide bonds. The average Bonchev–Trinajstić information content (AvgIpc) is 2.22. The van der Waals surface area contributed by atoms with Gasteiger partial charge in [-0.1, -0.05) is 13.0 Å². The molecule has 1 rings (SSSR count). The summed E-state index contributed by atoms with van der Waals surface area (Å²) in [7, 11) is 0. The lowest BCUT2D eigenvalue weighted by Crippen LogP contribution is -2.21. The van der Waals surface area contributed by atoms with Crippen molar-refractivity contribution in [1.29, 1.82) is 0 Å². The molecule has 1 aromatic carbocycles. The zero-order valence-corrected chi connectivity index (χ0v) is 10.1. The van der Waals surface area contributed by atoms with Crippen LogP contribution in [0.25, 0.3) is 0 Å². The lowest BCUT2D eigenvalue weighted by Gasteiger charge is -2.10. The highest BCUT2D eigenvalue weighted by molar-refractivity contribution is 6.19. The molecule has 1 unspecified atom stereocenters. The Morgan fingerprint density at radius 2 is 2.07 bits per heavy atom. The van der Waals surface area contributed by atoms with Crippen molar-refractivity contribution in [2.24, 2.45) is 5.92 Å². The van der Waals surface area contributed by atoms with Crippen LogP contribution in [0.2, 0.25) is 0 Å². The number of rotatable bonds is 3. The normalized spacial score (nSPS) is 12.3. The summed E-state index contributed by atoms with van der Waals surface area (Å²) >= 11 is 5.61. The van der Waals surface area contributed by atoms with Crippen LogP contribution in [0, 0.1) is 19.8 Å². The summed E-state index contributed by atoms with van der Waals surface area (Å²) in [6, 6.07) is 5.87. The Bertz CT molecular complexity index is 363. The van der Waals surface area contributed by atoms with Crippen molar-refractivity contribution in [3.63, 3.8) is 0 Å². The highest BCUT2D eigenvalue weighted by atomic mass is 35.5. The Morgan fingerprint density at radius 3 is 2.60 bits per heavy atom. The molecule has 15 heavy (non-hydrogen) atoms. The number of nitrogens with one attached hydrogen (secondary N) is 1. The number of amides is 1. The molecule has 82 valence electrons. The standard InChI is InChI=1S/C12H16ClNO/c1-8-4-5-11(6-9(8)2)14-12(15)10(3)7-13/h4-6,10H,7H2,1-3H3,(H,14,15). The molecule has 1 N–H and O–H groups in total. The number of carbonyl (C=O) groups excluding carboxylic acids is 1. The molecule has 0 heterocycles. The Morgan fingerprint density at radius 1 is 1.40 bits per heavy atom. The predicted molar refractivity (Wildman–Crippen MR) is 64.4 cm³/mol. The molecule has 0 aliphatic heterocycles. The maximum atomic E-state index is 11.5. The lowest BCUT2D eigenvalue weighted by molar-refractivity contribution is -0.118. The summed E-state index contributed by atoms with van der Waals surface area (Å²) in [5.41, 5.74) is 3.23. The molecule has 0 aliphatic carbocycles. The van der Waals surface area contributed by atoms with Crippen molar-refractivity contribution in [2.75, 3.05) is 11.2 Å². The molecule has 3 heteroatoms. The van der Waals surface area contributed by atoms with Crippen LogP contribution in [0.1, 0.15) is 18.1 Å². The fourth-order valence-electron chi connectivity index (χ4n) is 1.15. The highest BCUT2D eigenvalue weighted by Gasteiger charge is 2.11. The molecule has 0 spiro atoms. The fourth-order valence-corrected chi connectivity index (χ4v) is 1.29. The minimum atomic E-state index is -0.159. The number of carbonyl (C=O) groups is 1. The molecule has 0 aromatic heterocycles. The van der Waals surface area contributed by atoms with Crippen molar-refractivity contribution in [2.45, 2.75) is 20.8 Å². The first-order chi connectivity index (χ1) is 7.04. The van der Waals surface area contributed by atoms with Crippen LogP contribution in [-0.2, 0) is 4.79 Å². The third-order valence-corrected chi connectivity index (χ3v) is 2.92. The van der Waals surface area contributed by atoms with Gasteiger partial charge in [-0.25, -0.2) is 0 Å². The van der Waals surface area contributed by atoms with Crippen molar-refractivity contribution in [3.8, 4) is 0 Å². The van der Waals surface area contributed by atoms with Gasteiger partial charge >= 0.3 is 0 Å². The smallest absolute Gasteiger partial charge is 0.228 e. The summed E-state index contributed by atoms with van der Waals surface area (Å²) in [5.74, 6) is 0.151. The average molecular weight is 226 g/mol. The van der Waals surface area contributed by atoms with Crippen LogP contribution in [-0.4, -0.2) is 11.8 Å². The van der Waals surface area contributed by atoms with E-state index in [1.165, 1.54) is 11.1 Å². The molecule has 1 aromatic rings. The van der Waals surface area contributed by atoms with Gasteiger partial charge in [0.15, 0.2) is 0 Å². The van der Waals surface area contributed by atoms with E-state index in [2.05, 4.69) is 5.32 Å². The maximum absolute atomic E-state index is 11.5. The number of alkyl halides is 1. The van der Waals surface area contributed by atoms with E-state index in [0.717, 1.165) is 5.69 Å². The topological polar surface area (TPSA) is 29.1 Å². The number of halogens is 1. The third kappa shape index (κ3) is 3.24. The first-order valence-electron chi connectivity index (χ1n) is 4.98. The van der Waals surface area contributed by atoms with Crippen molar-refractivity contribution in [1.82, 2.24) is 0 Å². The largest absolute Gasteiger partial charge is 0.326 e. The SMILES string of the molecule is Cc1ccc(NC(=O)C(C)CCl)cc1C. The van der Waals surface area contributed by atoms with Gasteiger partial charge in [0.1, 0.15) is 0 Å². The van der Waals surface area contributed by atoms with Crippen LogP contribution in [0.3, 0.4) is 0 Å². The molecule has 0 bridgehead atoms. The first-order valence-corrected chi connectivity index (χ1v) is 5.52. The number of anilines is 1. The van der Waals surface area contributed by atoms with Crippen LogP contribution in [0.5, 0.6) is 0 Å². The molecule has 1 atom stereocenters. The quantitative estimate of drug-likeness (QED) is 0.787. The van der Waals surface area contributed by atoms with Gasteiger partial charge in [-0.2, -0.15) is 0 Å². The van der Waals surface area contributed by atoms with Crippen molar-refractivity contribution >= 4 is 23.2 Å². The van der Waals surface area contributed by atoms with E-state index in [-0.39, 0.29) is 11.8 Å². The molecule has 0 saturated carbocycles. The van der Waals surface area contributed by atoms with E-state index in [1.54, 1.807) is 0 Å². The van der Waals surface area contributed by atoms with Gasteiger partial charge in [-0.3, -0.25) is 4.79 Å². The van der Waals surface area contributed by atoms with Gasteiger partial charge < -0.3 is 5.32 Å². The second-order valence-electron chi connectivity index (χ2n) is 3.84. The molecule has 0 aliphatic rings. The summed E-state index contributed by atoms with van der Waals surface area (Å²) in [6.07, 6.45) is 0. The van der Waals surface area contributed by atoms with Gasteiger partial charge in [-0.15, -0.1) is 11.6 Å². The van der Waals surface area contributed by atoms with Gasteiger partial charge in [-0.05, 0) is 37.1 Å². The Hall–Kier alpha value is -1.02. The molecular formula is C12H16ClNO. The van der Waals surface area contributed by atoms with E-state index in [4.69, 9.17) is 11.6 Å². The molecule has 0 fully saturated rings. The van der Waals surface area contributed by atoms with E-state index < -0.39 is 0 Å². The van der Waals surface area contributed by atoms with Crippen LogP contribution in [0.15, 0.2) is 18.2 Å². The molecule has 0 saturated heterocycles. The highest BCUT2D eigenvalue weighted by Crippen LogP contribution is 2.15. The van der Waals surface area contributed by atoms with E-state index in [1.807, 2.05) is 39.0 Å².